The number of hydrogen-bond donors (Lipinski definition) is 1. The highest BCUT2D eigenvalue weighted by Gasteiger charge is 2.24. The first-order valence-corrected chi connectivity index (χ1v) is 5.97. The molecule has 0 saturated carbocycles. The van der Waals surface area contributed by atoms with Gasteiger partial charge in [0.15, 0.2) is 0 Å². The standard InChI is InChI=1S/C12H21NO4/c1-3-16-12(15)5-4-6-13-7-11(8-14)17-9-10(13)2/h4-5,10-11,14H,3,6-9H2,1-2H3/b5-4+. The normalized spacial score (nSPS) is 26.3. The van der Waals surface area contributed by atoms with Crippen molar-refractivity contribution in [1.29, 1.82) is 0 Å². The van der Waals surface area contributed by atoms with Gasteiger partial charge in [-0.3, -0.25) is 4.90 Å². The topological polar surface area (TPSA) is 59.0 Å². The lowest BCUT2D eigenvalue weighted by molar-refractivity contribution is -0.137. The zero-order valence-corrected chi connectivity index (χ0v) is 10.5. The lowest BCUT2D eigenvalue weighted by Gasteiger charge is -2.36. The molecule has 0 aromatic carbocycles. The molecule has 2 unspecified atom stereocenters. The molecule has 2 atom stereocenters. The smallest absolute Gasteiger partial charge is 0.330 e. The van der Waals surface area contributed by atoms with E-state index in [1.54, 1.807) is 13.0 Å². The third kappa shape index (κ3) is 4.85. The molecule has 5 heteroatoms. The van der Waals surface area contributed by atoms with Crippen LogP contribution in [0.4, 0.5) is 0 Å². The minimum absolute atomic E-state index is 0.0326. The molecule has 0 aliphatic carbocycles. The predicted octanol–water partition coefficient (Wildman–Crippen LogP) is 0.187. The number of carbonyl (C=O) groups excluding carboxylic acids is 1. The van der Waals surface area contributed by atoms with Gasteiger partial charge in [0, 0.05) is 25.2 Å². The Kier molecular flexibility index (Phi) is 6.18. The van der Waals surface area contributed by atoms with Crippen molar-refractivity contribution in [2.45, 2.75) is 26.0 Å². The van der Waals surface area contributed by atoms with Gasteiger partial charge in [-0.15, -0.1) is 0 Å². The van der Waals surface area contributed by atoms with Crippen molar-refractivity contribution in [3.05, 3.63) is 12.2 Å². The zero-order valence-electron chi connectivity index (χ0n) is 10.5. The second-order valence-corrected chi connectivity index (χ2v) is 4.10. The molecule has 0 aromatic heterocycles. The Morgan fingerprint density at radius 2 is 2.41 bits per heavy atom. The summed E-state index contributed by atoms with van der Waals surface area (Å²) in [5.41, 5.74) is 0. The molecule has 0 radical (unpaired) electrons. The minimum atomic E-state index is -0.313. The lowest BCUT2D eigenvalue weighted by atomic mass is 10.2. The highest BCUT2D eigenvalue weighted by Crippen LogP contribution is 2.10. The monoisotopic (exact) mass is 243 g/mol. The molecule has 0 bridgehead atoms. The van der Waals surface area contributed by atoms with Crippen LogP contribution in [0.3, 0.4) is 0 Å². The van der Waals surface area contributed by atoms with Crippen molar-refractivity contribution in [2.24, 2.45) is 0 Å². The van der Waals surface area contributed by atoms with Gasteiger partial charge in [-0.2, -0.15) is 0 Å². The summed E-state index contributed by atoms with van der Waals surface area (Å²) in [6.07, 6.45) is 3.11. The number of nitrogens with zero attached hydrogens (tertiary/aromatic N) is 1. The van der Waals surface area contributed by atoms with Crippen LogP contribution >= 0.6 is 0 Å². The summed E-state index contributed by atoms with van der Waals surface area (Å²) in [6, 6.07) is 0.296. The Bertz CT molecular complexity index is 267. The third-order valence-electron chi connectivity index (χ3n) is 2.72. The summed E-state index contributed by atoms with van der Waals surface area (Å²) in [6.45, 7) is 6.23. The minimum Gasteiger partial charge on any atom is -0.463 e. The number of morpholine rings is 1. The van der Waals surface area contributed by atoms with E-state index in [2.05, 4.69) is 11.8 Å². The second-order valence-electron chi connectivity index (χ2n) is 4.10. The van der Waals surface area contributed by atoms with Gasteiger partial charge in [0.05, 0.1) is 25.9 Å². The number of carbonyl (C=O) groups is 1. The molecule has 1 aliphatic rings. The fourth-order valence-electron chi connectivity index (χ4n) is 1.71. The van der Waals surface area contributed by atoms with Crippen LogP contribution in [0.25, 0.3) is 0 Å². The molecule has 1 aliphatic heterocycles. The number of aliphatic hydroxyl groups is 1. The maximum absolute atomic E-state index is 11.1. The fourth-order valence-corrected chi connectivity index (χ4v) is 1.71. The lowest BCUT2D eigenvalue weighted by Crippen LogP contribution is -2.49. The molecule has 1 N–H and O–H groups in total. The Morgan fingerprint density at radius 1 is 1.65 bits per heavy atom. The van der Waals surface area contributed by atoms with Crippen LogP contribution in [0.5, 0.6) is 0 Å². The van der Waals surface area contributed by atoms with Crippen LogP contribution in [0.1, 0.15) is 13.8 Å². The van der Waals surface area contributed by atoms with Gasteiger partial charge in [-0.05, 0) is 13.8 Å². The van der Waals surface area contributed by atoms with Gasteiger partial charge in [-0.1, -0.05) is 6.08 Å². The summed E-state index contributed by atoms with van der Waals surface area (Å²) in [5.74, 6) is -0.313. The van der Waals surface area contributed by atoms with Gasteiger partial charge >= 0.3 is 5.97 Å². The van der Waals surface area contributed by atoms with E-state index in [1.165, 1.54) is 6.08 Å². The number of ether oxygens (including phenoxy) is 2. The van der Waals surface area contributed by atoms with Crippen LogP contribution in [0, 0.1) is 0 Å². The number of aliphatic hydroxyl groups excluding tert-OH is 1. The molecule has 5 nitrogen and oxygen atoms in total. The van der Waals surface area contributed by atoms with Crippen LogP contribution in [-0.4, -0.2) is 61.0 Å². The van der Waals surface area contributed by atoms with Crippen LogP contribution in [0.2, 0.25) is 0 Å². The van der Waals surface area contributed by atoms with E-state index >= 15 is 0 Å². The summed E-state index contributed by atoms with van der Waals surface area (Å²) < 4.78 is 10.2. The average molecular weight is 243 g/mol. The van der Waals surface area contributed by atoms with Gasteiger partial charge in [0.25, 0.3) is 0 Å². The molecule has 0 spiro atoms. The molecular formula is C12H21NO4. The Morgan fingerprint density at radius 3 is 3.06 bits per heavy atom. The molecule has 17 heavy (non-hydrogen) atoms. The van der Waals surface area contributed by atoms with Crippen LogP contribution < -0.4 is 0 Å². The second kappa shape index (κ2) is 7.42. The van der Waals surface area contributed by atoms with Crippen molar-refractivity contribution < 1.29 is 19.4 Å². The zero-order chi connectivity index (χ0) is 12.7. The molecule has 1 rings (SSSR count). The Labute approximate surface area is 102 Å². The van der Waals surface area contributed by atoms with E-state index in [0.717, 1.165) is 0 Å². The van der Waals surface area contributed by atoms with Gasteiger partial charge in [-0.25, -0.2) is 4.79 Å². The van der Waals surface area contributed by atoms with Crippen molar-refractivity contribution in [2.75, 3.05) is 32.9 Å². The van der Waals surface area contributed by atoms with Crippen molar-refractivity contribution in [3.63, 3.8) is 0 Å². The van der Waals surface area contributed by atoms with Gasteiger partial charge in [0.1, 0.15) is 0 Å². The average Bonchev–Trinajstić information content (AvgIpc) is 2.32. The van der Waals surface area contributed by atoms with Crippen molar-refractivity contribution in [3.8, 4) is 0 Å². The third-order valence-corrected chi connectivity index (χ3v) is 2.72. The van der Waals surface area contributed by atoms with Crippen molar-refractivity contribution >= 4 is 5.97 Å². The van der Waals surface area contributed by atoms with Gasteiger partial charge in [0.2, 0.25) is 0 Å². The SMILES string of the molecule is CCOC(=O)/C=C/CN1CC(CO)OCC1C. The quantitative estimate of drug-likeness (QED) is 0.551. The van der Waals surface area contributed by atoms with E-state index < -0.39 is 0 Å². The predicted molar refractivity (Wildman–Crippen MR) is 63.6 cm³/mol. The molecular weight excluding hydrogens is 222 g/mol. The number of rotatable bonds is 5. The summed E-state index contributed by atoms with van der Waals surface area (Å²) in [7, 11) is 0. The molecule has 1 saturated heterocycles. The molecule has 98 valence electrons. The summed E-state index contributed by atoms with van der Waals surface area (Å²) in [5, 5.41) is 9.03. The van der Waals surface area contributed by atoms with E-state index in [0.29, 0.717) is 32.3 Å². The van der Waals surface area contributed by atoms with E-state index in [4.69, 9.17) is 14.6 Å². The molecule has 1 heterocycles. The summed E-state index contributed by atoms with van der Waals surface area (Å²) in [4.78, 5) is 13.3. The first-order chi connectivity index (χ1) is 8.17. The fraction of sp³-hybridized carbons (Fsp3) is 0.750. The van der Waals surface area contributed by atoms with Crippen LogP contribution in [0.15, 0.2) is 12.2 Å². The first kappa shape index (κ1) is 14.2. The van der Waals surface area contributed by atoms with Crippen molar-refractivity contribution in [1.82, 2.24) is 4.90 Å². The number of esters is 1. The Balaban J connectivity index is 2.36. The largest absolute Gasteiger partial charge is 0.463 e. The molecule has 0 amide bonds. The van der Waals surface area contributed by atoms with Crippen LogP contribution in [-0.2, 0) is 14.3 Å². The Hall–Kier alpha value is -0.910. The highest BCUT2D eigenvalue weighted by atomic mass is 16.5. The molecule has 0 aromatic rings. The first-order valence-electron chi connectivity index (χ1n) is 5.97. The summed E-state index contributed by atoms with van der Waals surface area (Å²) >= 11 is 0. The van der Waals surface area contributed by atoms with E-state index in [1.807, 2.05) is 0 Å². The maximum atomic E-state index is 11.1. The molecule has 1 fully saturated rings. The highest BCUT2D eigenvalue weighted by molar-refractivity contribution is 5.81. The van der Waals surface area contributed by atoms with E-state index in [-0.39, 0.29) is 18.7 Å². The maximum Gasteiger partial charge on any atom is 0.330 e. The van der Waals surface area contributed by atoms with Gasteiger partial charge < -0.3 is 14.6 Å². The number of hydrogen-bond acceptors (Lipinski definition) is 5. The van der Waals surface area contributed by atoms with E-state index in [9.17, 15) is 4.79 Å².